The molecule has 0 fully saturated rings. The van der Waals surface area contributed by atoms with E-state index < -0.39 is 0 Å². The smallest absolute Gasteiger partial charge is 0.145 e. The van der Waals surface area contributed by atoms with Crippen LogP contribution in [0, 0.1) is 0 Å². The lowest BCUT2D eigenvalue weighted by molar-refractivity contribution is 0.305. The standard InChI is InChI=1S/C21H17N3O/c1-2-17-11-8-13-19-21(17)22-23-24(19)18-12-6-7-14-20(18)25-15-16-9-4-3-5-10-16/h2-14H,1,15H2. The lowest BCUT2D eigenvalue weighted by Gasteiger charge is -2.11. The molecule has 122 valence electrons. The molecule has 0 radical (unpaired) electrons. The zero-order valence-corrected chi connectivity index (χ0v) is 13.7. The van der Waals surface area contributed by atoms with Gasteiger partial charge in [0.05, 0.1) is 5.52 Å². The van der Waals surface area contributed by atoms with Crippen molar-refractivity contribution in [1.82, 2.24) is 15.0 Å². The summed E-state index contributed by atoms with van der Waals surface area (Å²) in [5.41, 5.74) is 4.70. The summed E-state index contributed by atoms with van der Waals surface area (Å²) in [4.78, 5) is 0. The Labute approximate surface area is 146 Å². The summed E-state index contributed by atoms with van der Waals surface area (Å²) in [6, 6.07) is 23.9. The number of nitrogens with zero attached hydrogens (tertiary/aromatic N) is 3. The topological polar surface area (TPSA) is 39.9 Å². The quantitative estimate of drug-likeness (QED) is 0.536. The molecule has 0 aliphatic heterocycles. The number of para-hydroxylation sites is 2. The Morgan fingerprint density at radius 3 is 2.56 bits per heavy atom. The van der Waals surface area contributed by atoms with Crippen LogP contribution < -0.4 is 4.74 Å². The summed E-state index contributed by atoms with van der Waals surface area (Å²) in [5.74, 6) is 0.766. The Kier molecular flexibility index (Phi) is 4.01. The lowest BCUT2D eigenvalue weighted by atomic mass is 10.2. The summed E-state index contributed by atoms with van der Waals surface area (Å²) in [6.07, 6.45) is 1.79. The summed E-state index contributed by atoms with van der Waals surface area (Å²) in [7, 11) is 0. The first-order valence-electron chi connectivity index (χ1n) is 8.10. The van der Waals surface area contributed by atoms with Crippen molar-refractivity contribution in [2.24, 2.45) is 0 Å². The van der Waals surface area contributed by atoms with Gasteiger partial charge in [0.1, 0.15) is 23.6 Å². The predicted molar refractivity (Wildman–Crippen MR) is 99.7 cm³/mol. The molecule has 1 aromatic heterocycles. The molecule has 0 aliphatic carbocycles. The van der Waals surface area contributed by atoms with Gasteiger partial charge >= 0.3 is 0 Å². The van der Waals surface area contributed by atoms with Crippen molar-refractivity contribution in [3.8, 4) is 11.4 Å². The molecule has 25 heavy (non-hydrogen) atoms. The fraction of sp³-hybridized carbons (Fsp3) is 0.0476. The fourth-order valence-electron chi connectivity index (χ4n) is 2.80. The van der Waals surface area contributed by atoms with E-state index in [4.69, 9.17) is 4.74 Å². The second-order valence-electron chi connectivity index (χ2n) is 5.66. The lowest BCUT2D eigenvalue weighted by Crippen LogP contribution is -2.02. The molecule has 0 aliphatic rings. The molecule has 0 saturated carbocycles. The highest BCUT2D eigenvalue weighted by atomic mass is 16.5. The van der Waals surface area contributed by atoms with Gasteiger partial charge < -0.3 is 4.74 Å². The number of fused-ring (bicyclic) bond motifs is 1. The van der Waals surface area contributed by atoms with E-state index in [1.54, 1.807) is 6.08 Å². The zero-order valence-electron chi connectivity index (χ0n) is 13.7. The van der Waals surface area contributed by atoms with E-state index in [0.717, 1.165) is 33.6 Å². The first-order valence-corrected chi connectivity index (χ1v) is 8.10. The number of ether oxygens (including phenoxy) is 1. The number of aromatic nitrogens is 3. The van der Waals surface area contributed by atoms with Crippen LogP contribution in [-0.2, 0) is 6.61 Å². The van der Waals surface area contributed by atoms with Gasteiger partial charge in [-0.15, -0.1) is 5.10 Å². The van der Waals surface area contributed by atoms with Gasteiger partial charge in [-0.25, -0.2) is 4.68 Å². The summed E-state index contributed by atoms with van der Waals surface area (Å²) < 4.78 is 7.85. The normalized spacial score (nSPS) is 10.7. The fourth-order valence-corrected chi connectivity index (χ4v) is 2.80. The van der Waals surface area contributed by atoms with Crippen LogP contribution in [-0.4, -0.2) is 15.0 Å². The van der Waals surface area contributed by atoms with E-state index in [1.165, 1.54) is 0 Å². The molecule has 1 heterocycles. The zero-order chi connectivity index (χ0) is 17.1. The van der Waals surface area contributed by atoms with E-state index in [9.17, 15) is 0 Å². The maximum Gasteiger partial charge on any atom is 0.145 e. The highest BCUT2D eigenvalue weighted by Crippen LogP contribution is 2.27. The van der Waals surface area contributed by atoms with Crippen LogP contribution in [0.1, 0.15) is 11.1 Å². The molecule has 0 bridgehead atoms. The Morgan fingerprint density at radius 1 is 0.920 bits per heavy atom. The average Bonchev–Trinajstić information content (AvgIpc) is 3.11. The van der Waals surface area contributed by atoms with Crippen molar-refractivity contribution in [1.29, 1.82) is 0 Å². The Morgan fingerprint density at radius 2 is 1.72 bits per heavy atom. The van der Waals surface area contributed by atoms with Gasteiger partial charge in [0.25, 0.3) is 0 Å². The van der Waals surface area contributed by atoms with Gasteiger partial charge in [-0.2, -0.15) is 0 Å². The monoisotopic (exact) mass is 327 g/mol. The molecule has 4 heteroatoms. The molecule has 0 saturated heterocycles. The largest absolute Gasteiger partial charge is 0.487 e. The Bertz CT molecular complexity index is 1020. The summed E-state index contributed by atoms with van der Waals surface area (Å²) in [6.45, 7) is 4.34. The first-order chi connectivity index (χ1) is 12.4. The third-order valence-electron chi connectivity index (χ3n) is 4.06. The minimum absolute atomic E-state index is 0.502. The third-order valence-corrected chi connectivity index (χ3v) is 4.06. The highest BCUT2D eigenvalue weighted by Gasteiger charge is 2.12. The molecule has 0 atom stereocenters. The van der Waals surface area contributed by atoms with Gasteiger partial charge in [-0.3, -0.25) is 0 Å². The third kappa shape index (κ3) is 2.90. The molecule has 0 N–H and O–H groups in total. The molecule has 0 unspecified atom stereocenters. The molecule has 3 aromatic carbocycles. The number of rotatable bonds is 5. The number of benzene rings is 3. The van der Waals surface area contributed by atoms with Gasteiger partial charge in [0, 0.05) is 5.56 Å². The van der Waals surface area contributed by atoms with Crippen LogP contribution in [0.3, 0.4) is 0 Å². The molecule has 0 spiro atoms. The van der Waals surface area contributed by atoms with Gasteiger partial charge in [-0.05, 0) is 23.8 Å². The van der Waals surface area contributed by atoms with Crippen molar-refractivity contribution >= 4 is 17.1 Å². The van der Waals surface area contributed by atoms with E-state index >= 15 is 0 Å². The maximum absolute atomic E-state index is 6.04. The van der Waals surface area contributed by atoms with Crippen molar-refractivity contribution in [2.45, 2.75) is 6.61 Å². The van der Waals surface area contributed by atoms with Crippen LogP contribution in [0.5, 0.6) is 5.75 Å². The molecule has 4 aromatic rings. The average molecular weight is 327 g/mol. The van der Waals surface area contributed by atoms with Crippen LogP contribution >= 0.6 is 0 Å². The van der Waals surface area contributed by atoms with Crippen LogP contribution in [0.4, 0.5) is 0 Å². The predicted octanol–water partition coefficient (Wildman–Crippen LogP) is 4.64. The minimum Gasteiger partial charge on any atom is -0.487 e. The SMILES string of the molecule is C=Cc1cccc2c1nnn2-c1ccccc1OCc1ccccc1. The second-order valence-corrected chi connectivity index (χ2v) is 5.66. The van der Waals surface area contributed by atoms with Crippen LogP contribution in [0.25, 0.3) is 22.8 Å². The van der Waals surface area contributed by atoms with Crippen molar-refractivity contribution < 1.29 is 4.74 Å². The van der Waals surface area contributed by atoms with Crippen molar-refractivity contribution in [3.05, 3.63) is 90.5 Å². The van der Waals surface area contributed by atoms with Crippen molar-refractivity contribution in [3.63, 3.8) is 0 Å². The van der Waals surface area contributed by atoms with Gasteiger partial charge in [0.15, 0.2) is 0 Å². The van der Waals surface area contributed by atoms with E-state index in [0.29, 0.717) is 6.61 Å². The molecule has 0 amide bonds. The Balaban J connectivity index is 1.73. The van der Waals surface area contributed by atoms with E-state index in [2.05, 4.69) is 16.9 Å². The number of hydrogen-bond acceptors (Lipinski definition) is 3. The molecular weight excluding hydrogens is 310 g/mol. The molecular formula is C21H17N3O. The molecule has 4 nitrogen and oxygen atoms in total. The summed E-state index contributed by atoms with van der Waals surface area (Å²) >= 11 is 0. The van der Waals surface area contributed by atoms with E-state index in [-0.39, 0.29) is 0 Å². The van der Waals surface area contributed by atoms with Crippen LogP contribution in [0.2, 0.25) is 0 Å². The molecule has 4 rings (SSSR count). The highest BCUT2D eigenvalue weighted by molar-refractivity contribution is 5.85. The summed E-state index contributed by atoms with van der Waals surface area (Å²) in [5, 5.41) is 8.64. The number of hydrogen-bond donors (Lipinski definition) is 0. The second kappa shape index (κ2) is 6.61. The van der Waals surface area contributed by atoms with E-state index in [1.807, 2.05) is 77.5 Å². The van der Waals surface area contributed by atoms with Gasteiger partial charge in [0.2, 0.25) is 0 Å². The van der Waals surface area contributed by atoms with Crippen molar-refractivity contribution in [2.75, 3.05) is 0 Å². The maximum atomic E-state index is 6.04. The van der Waals surface area contributed by atoms with Gasteiger partial charge in [-0.1, -0.05) is 72.5 Å². The Hall–Kier alpha value is -3.40. The minimum atomic E-state index is 0.502. The van der Waals surface area contributed by atoms with Crippen LogP contribution in [0.15, 0.2) is 79.4 Å². The first kappa shape index (κ1) is 15.1.